The first-order valence-electron chi connectivity index (χ1n) is 12.2. The first-order chi connectivity index (χ1) is 17.4. The van der Waals surface area contributed by atoms with Crippen molar-refractivity contribution < 1.29 is 23.1 Å². The Morgan fingerprint density at radius 2 is 1.78 bits per heavy atom. The molecule has 0 saturated heterocycles. The van der Waals surface area contributed by atoms with Crippen LogP contribution in [0.25, 0.3) is 0 Å². The van der Waals surface area contributed by atoms with Crippen molar-refractivity contribution in [2.24, 2.45) is 0 Å². The second kappa shape index (κ2) is 10.0. The molecule has 0 aromatic heterocycles. The molecule has 0 amide bonds. The van der Waals surface area contributed by atoms with Gasteiger partial charge in [-0.1, -0.05) is 66.2 Å². The number of ether oxygens (including phenoxy) is 1. The summed E-state index contributed by atoms with van der Waals surface area (Å²) < 4.78 is 34.7. The Balaban J connectivity index is 1.41. The van der Waals surface area contributed by atoms with Gasteiger partial charge in [-0.15, -0.1) is 0 Å². The smallest absolute Gasteiger partial charge is 0.323 e. The molecule has 0 radical (unpaired) electrons. The number of nitrogens with zero attached hydrogens (tertiary/aromatic N) is 2. The molecule has 0 spiro atoms. The maximum Gasteiger partial charge on any atom is 0.323 e. The number of sulfonamides is 1. The van der Waals surface area contributed by atoms with Gasteiger partial charge in [0.1, 0.15) is 6.54 Å². The van der Waals surface area contributed by atoms with Crippen LogP contribution in [0.4, 0.5) is 5.69 Å². The van der Waals surface area contributed by atoms with E-state index in [2.05, 4.69) is 6.07 Å². The van der Waals surface area contributed by atoms with E-state index in [1.807, 2.05) is 66.4 Å². The normalized spacial score (nSPS) is 20.3. The first-order valence-corrected chi connectivity index (χ1v) is 13.6. The third-order valence-electron chi connectivity index (χ3n) is 6.96. The van der Waals surface area contributed by atoms with Gasteiger partial charge in [-0.05, 0) is 42.2 Å². The van der Waals surface area contributed by atoms with Crippen LogP contribution >= 0.6 is 0 Å². The van der Waals surface area contributed by atoms with Gasteiger partial charge in [0.05, 0.1) is 17.5 Å². The summed E-state index contributed by atoms with van der Waals surface area (Å²) in [6, 6.07) is 22.7. The maximum absolute atomic E-state index is 13.7. The highest BCUT2D eigenvalue weighted by Crippen LogP contribution is 2.51. The average molecular weight is 507 g/mol. The molecular weight excluding hydrogens is 476 g/mol. The highest BCUT2D eigenvalue weighted by atomic mass is 32.2. The third kappa shape index (κ3) is 4.64. The minimum absolute atomic E-state index is 0.124. The van der Waals surface area contributed by atoms with Crippen molar-refractivity contribution in [1.29, 1.82) is 0 Å². The summed E-state index contributed by atoms with van der Waals surface area (Å²) in [7, 11) is -3.68. The number of rotatable bonds is 9. The Kier molecular flexibility index (Phi) is 6.83. The number of fused-ring (bicyclic) bond motifs is 2. The molecule has 5 rings (SSSR count). The topological polar surface area (TPSA) is 87.2 Å². The Morgan fingerprint density at radius 1 is 1.03 bits per heavy atom. The molecule has 7 nitrogen and oxygen atoms in total. The van der Waals surface area contributed by atoms with E-state index in [9.17, 15) is 18.3 Å². The van der Waals surface area contributed by atoms with Crippen LogP contribution in [0.15, 0.2) is 77.7 Å². The zero-order chi connectivity index (χ0) is 25.3. The van der Waals surface area contributed by atoms with Gasteiger partial charge >= 0.3 is 5.97 Å². The SMILES string of the molecule is Cc1ccc2c(c1)C(C1c3ccccc3S(=O)(=O)N1CCCOCc1ccccc1)CN2CC(=O)O. The summed E-state index contributed by atoms with van der Waals surface area (Å²) in [6.07, 6.45) is 0.558. The fourth-order valence-electron chi connectivity index (χ4n) is 5.43. The van der Waals surface area contributed by atoms with Crippen LogP contribution in [-0.2, 0) is 26.2 Å². The fraction of sp³-hybridized carbons (Fsp3) is 0.321. The molecule has 36 heavy (non-hydrogen) atoms. The molecule has 0 bridgehead atoms. The van der Waals surface area contributed by atoms with Crippen molar-refractivity contribution in [3.8, 4) is 0 Å². The number of anilines is 1. The zero-order valence-electron chi connectivity index (χ0n) is 20.2. The Bertz CT molecular complexity index is 1360. The highest BCUT2D eigenvalue weighted by Gasteiger charge is 2.48. The second-order valence-corrected chi connectivity index (χ2v) is 11.3. The predicted molar refractivity (Wildman–Crippen MR) is 138 cm³/mol. The number of carboxylic acid groups (broad SMARTS) is 1. The predicted octanol–water partition coefficient (Wildman–Crippen LogP) is 4.34. The van der Waals surface area contributed by atoms with Gasteiger partial charge in [0.2, 0.25) is 10.0 Å². The molecule has 2 aliphatic heterocycles. The van der Waals surface area contributed by atoms with Crippen LogP contribution in [0.1, 0.15) is 40.6 Å². The van der Waals surface area contributed by atoms with E-state index >= 15 is 0 Å². The third-order valence-corrected chi connectivity index (χ3v) is 8.92. The Labute approximate surface area is 212 Å². The lowest BCUT2D eigenvalue weighted by Gasteiger charge is -2.29. The van der Waals surface area contributed by atoms with E-state index < -0.39 is 22.0 Å². The van der Waals surface area contributed by atoms with E-state index in [0.29, 0.717) is 37.6 Å². The van der Waals surface area contributed by atoms with Gasteiger partial charge in [0, 0.05) is 31.3 Å². The summed E-state index contributed by atoms with van der Waals surface area (Å²) in [6.45, 7) is 3.57. The lowest BCUT2D eigenvalue weighted by molar-refractivity contribution is -0.135. The summed E-state index contributed by atoms with van der Waals surface area (Å²) >= 11 is 0. The number of hydrogen-bond donors (Lipinski definition) is 1. The van der Waals surface area contributed by atoms with Gasteiger partial charge in [-0.2, -0.15) is 4.31 Å². The number of aliphatic carboxylic acids is 1. The van der Waals surface area contributed by atoms with Crippen molar-refractivity contribution >= 4 is 21.7 Å². The molecule has 2 unspecified atom stereocenters. The molecule has 0 saturated carbocycles. The van der Waals surface area contributed by atoms with E-state index in [0.717, 1.165) is 27.9 Å². The molecule has 2 heterocycles. The highest BCUT2D eigenvalue weighted by molar-refractivity contribution is 7.89. The number of benzene rings is 3. The van der Waals surface area contributed by atoms with Crippen LogP contribution in [0, 0.1) is 6.92 Å². The van der Waals surface area contributed by atoms with Crippen molar-refractivity contribution in [3.05, 3.63) is 95.1 Å². The van der Waals surface area contributed by atoms with Crippen LogP contribution in [0.2, 0.25) is 0 Å². The summed E-state index contributed by atoms with van der Waals surface area (Å²) in [5.74, 6) is -1.09. The minimum Gasteiger partial charge on any atom is -0.480 e. The minimum atomic E-state index is -3.68. The van der Waals surface area contributed by atoms with Crippen molar-refractivity contribution in [3.63, 3.8) is 0 Å². The number of carbonyl (C=O) groups is 1. The number of carboxylic acids is 1. The fourth-order valence-corrected chi connectivity index (χ4v) is 7.35. The maximum atomic E-state index is 13.7. The summed E-state index contributed by atoms with van der Waals surface area (Å²) in [4.78, 5) is 13.8. The van der Waals surface area contributed by atoms with Crippen molar-refractivity contribution in [1.82, 2.24) is 4.31 Å². The van der Waals surface area contributed by atoms with Gasteiger partial charge in [0.25, 0.3) is 0 Å². The molecule has 2 atom stereocenters. The van der Waals surface area contributed by atoms with Gasteiger partial charge < -0.3 is 14.7 Å². The molecular formula is C28H30N2O5S. The Hall–Kier alpha value is -3.20. The second-order valence-electron chi connectivity index (χ2n) is 9.43. The lowest BCUT2D eigenvalue weighted by atomic mass is 9.87. The van der Waals surface area contributed by atoms with E-state index in [1.54, 1.807) is 16.4 Å². The molecule has 1 N–H and O–H groups in total. The molecule has 0 fully saturated rings. The van der Waals surface area contributed by atoms with E-state index in [1.165, 1.54) is 0 Å². The van der Waals surface area contributed by atoms with Crippen LogP contribution in [0.5, 0.6) is 0 Å². The van der Waals surface area contributed by atoms with E-state index in [-0.39, 0.29) is 12.5 Å². The van der Waals surface area contributed by atoms with Crippen molar-refractivity contribution in [2.45, 2.75) is 36.8 Å². The van der Waals surface area contributed by atoms with Gasteiger partial charge in [-0.25, -0.2) is 8.42 Å². The molecule has 8 heteroatoms. The average Bonchev–Trinajstić information content (AvgIpc) is 3.30. The van der Waals surface area contributed by atoms with Crippen LogP contribution in [0.3, 0.4) is 0 Å². The number of aryl methyl sites for hydroxylation is 1. The zero-order valence-corrected chi connectivity index (χ0v) is 21.0. The molecule has 0 aliphatic carbocycles. The summed E-state index contributed by atoms with van der Waals surface area (Å²) in [5, 5.41) is 9.49. The van der Waals surface area contributed by atoms with Crippen LogP contribution in [-0.4, -0.2) is 50.0 Å². The Morgan fingerprint density at radius 3 is 2.56 bits per heavy atom. The molecule has 188 valence electrons. The molecule has 3 aromatic carbocycles. The molecule has 2 aliphatic rings. The van der Waals surface area contributed by atoms with Gasteiger partial charge in [-0.3, -0.25) is 4.79 Å². The molecule has 3 aromatic rings. The van der Waals surface area contributed by atoms with Crippen molar-refractivity contribution in [2.75, 3.05) is 31.1 Å². The monoisotopic (exact) mass is 506 g/mol. The van der Waals surface area contributed by atoms with Crippen LogP contribution < -0.4 is 4.90 Å². The lowest BCUT2D eigenvalue weighted by Crippen LogP contribution is -2.36. The van der Waals surface area contributed by atoms with Gasteiger partial charge in [0.15, 0.2) is 0 Å². The largest absolute Gasteiger partial charge is 0.480 e. The summed E-state index contributed by atoms with van der Waals surface area (Å²) in [5.41, 5.74) is 4.77. The quantitative estimate of drug-likeness (QED) is 0.435. The first kappa shape index (κ1) is 24.5. The number of hydrogen-bond acceptors (Lipinski definition) is 5. The standard InChI is InChI=1S/C28H30N2O5S/c1-20-12-13-25-23(16-20)24(17-29(25)18-27(31)32)28-22-10-5-6-11-26(22)36(33,34)30(28)14-7-15-35-19-21-8-3-2-4-9-21/h2-6,8-13,16,24,28H,7,14-15,17-19H2,1H3,(H,31,32). The van der Waals surface area contributed by atoms with E-state index in [4.69, 9.17) is 4.74 Å².